The number of nitrogens with one attached hydrogen (secondary N) is 1. The molecule has 2 aromatic carbocycles. The molecular weight excluding hydrogens is 444 g/mol. The van der Waals surface area contributed by atoms with Crippen molar-refractivity contribution in [1.29, 1.82) is 0 Å². The zero-order valence-electron chi connectivity index (χ0n) is 19.9. The molecule has 35 heavy (non-hydrogen) atoms. The molecule has 3 heterocycles. The molecule has 0 radical (unpaired) electrons. The average Bonchev–Trinajstić information content (AvgIpc) is 3.13. The monoisotopic (exact) mass is 472 g/mol. The predicted molar refractivity (Wildman–Crippen MR) is 134 cm³/mol. The van der Waals surface area contributed by atoms with Crippen molar-refractivity contribution in [3.63, 3.8) is 0 Å². The van der Waals surface area contributed by atoms with E-state index in [1.165, 1.54) is 0 Å². The maximum absolute atomic E-state index is 13.6. The fourth-order valence-corrected chi connectivity index (χ4v) is 4.85. The number of fused-ring (bicyclic) bond motifs is 2. The summed E-state index contributed by atoms with van der Waals surface area (Å²) >= 11 is 0. The van der Waals surface area contributed by atoms with Gasteiger partial charge in [0.1, 0.15) is 6.04 Å². The van der Waals surface area contributed by atoms with Gasteiger partial charge in [0, 0.05) is 41.9 Å². The van der Waals surface area contributed by atoms with E-state index in [1.807, 2.05) is 32.0 Å². The highest BCUT2D eigenvalue weighted by Crippen LogP contribution is 2.33. The van der Waals surface area contributed by atoms with Gasteiger partial charge in [-0.15, -0.1) is 0 Å². The van der Waals surface area contributed by atoms with Crippen LogP contribution in [-0.4, -0.2) is 60.0 Å². The summed E-state index contributed by atoms with van der Waals surface area (Å²) in [4.78, 5) is 47.5. The number of rotatable bonds is 6. The average molecular weight is 473 g/mol. The first kappa shape index (κ1) is 23.0. The SMILES string of the molecule is CC(C)CC(C(=O)Nc1ccc(N2CCOCC2)c2ccncc12)N1C(=O)c2ccccc2C1=O. The molecule has 0 bridgehead atoms. The number of morpholine rings is 1. The van der Waals surface area contributed by atoms with Crippen molar-refractivity contribution in [2.75, 3.05) is 36.5 Å². The Hall–Kier alpha value is -3.78. The van der Waals surface area contributed by atoms with Crippen LogP contribution in [0.1, 0.15) is 41.0 Å². The molecule has 0 spiro atoms. The molecular formula is C27H28N4O4. The molecule has 0 saturated carbocycles. The molecule has 1 N–H and O–H groups in total. The molecule has 0 aliphatic carbocycles. The van der Waals surface area contributed by atoms with Crippen LogP contribution < -0.4 is 10.2 Å². The van der Waals surface area contributed by atoms with Crippen LogP contribution in [0.3, 0.4) is 0 Å². The number of carbonyl (C=O) groups is 3. The first-order valence-corrected chi connectivity index (χ1v) is 11.9. The van der Waals surface area contributed by atoms with Gasteiger partial charge >= 0.3 is 0 Å². The van der Waals surface area contributed by atoms with Gasteiger partial charge < -0.3 is 15.0 Å². The summed E-state index contributed by atoms with van der Waals surface area (Å²) in [5.74, 6) is -1.16. The third kappa shape index (κ3) is 4.25. The first-order chi connectivity index (χ1) is 17.0. The lowest BCUT2D eigenvalue weighted by molar-refractivity contribution is -0.120. The third-order valence-corrected chi connectivity index (χ3v) is 6.54. The van der Waals surface area contributed by atoms with Crippen molar-refractivity contribution in [3.8, 4) is 0 Å². The Morgan fingerprint density at radius 3 is 2.34 bits per heavy atom. The van der Waals surface area contributed by atoms with Gasteiger partial charge in [0.2, 0.25) is 5.91 Å². The zero-order valence-corrected chi connectivity index (χ0v) is 19.9. The number of nitrogens with zero attached hydrogens (tertiary/aromatic N) is 3. The fraction of sp³-hybridized carbons (Fsp3) is 0.333. The molecule has 2 aliphatic heterocycles. The van der Waals surface area contributed by atoms with E-state index in [0.717, 1.165) is 34.4 Å². The number of hydrogen-bond acceptors (Lipinski definition) is 6. The second kappa shape index (κ2) is 9.46. The van der Waals surface area contributed by atoms with Crippen molar-refractivity contribution < 1.29 is 19.1 Å². The minimum atomic E-state index is -0.923. The lowest BCUT2D eigenvalue weighted by Crippen LogP contribution is -2.48. The number of imide groups is 1. The molecule has 3 amide bonds. The topological polar surface area (TPSA) is 91.8 Å². The van der Waals surface area contributed by atoms with E-state index in [-0.39, 0.29) is 5.92 Å². The van der Waals surface area contributed by atoms with Crippen molar-refractivity contribution in [1.82, 2.24) is 9.88 Å². The molecule has 5 rings (SSSR count). The van der Waals surface area contributed by atoms with Crippen molar-refractivity contribution in [2.45, 2.75) is 26.3 Å². The molecule has 8 nitrogen and oxygen atoms in total. The quantitative estimate of drug-likeness (QED) is 0.550. The number of pyridine rings is 1. The minimum absolute atomic E-state index is 0.0946. The van der Waals surface area contributed by atoms with Crippen LogP contribution in [0.4, 0.5) is 11.4 Å². The standard InChI is InChI=1S/C27H28N4O4/c1-17(2)15-24(31-26(33)19-5-3-4-6-20(19)27(31)34)25(32)29-22-7-8-23(30-11-13-35-14-12-30)18-9-10-28-16-21(18)22/h3-10,16-17,24H,11-15H2,1-2H3,(H,29,32). The van der Waals surface area contributed by atoms with Gasteiger partial charge in [0.15, 0.2) is 0 Å². The Morgan fingerprint density at radius 1 is 1.00 bits per heavy atom. The Balaban J connectivity index is 1.47. The van der Waals surface area contributed by atoms with Gasteiger partial charge in [-0.1, -0.05) is 26.0 Å². The van der Waals surface area contributed by atoms with Gasteiger partial charge in [-0.3, -0.25) is 24.3 Å². The highest BCUT2D eigenvalue weighted by molar-refractivity contribution is 6.23. The van der Waals surface area contributed by atoms with E-state index in [9.17, 15) is 14.4 Å². The summed E-state index contributed by atoms with van der Waals surface area (Å²) in [6, 6.07) is 11.6. The van der Waals surface area contributed by atoms with Crippen molar-refractivity contribution in [2.24, 2.45) is 5.92 Å². The van der Waals surface area contributed by atoms with Crippen LogP contribution in [0, 0.1) is 5.92 Å². The molecule has 1 fully saturated rings. The largest absolute Gasteiger partial charge is 0.378 e. The second-order valence-electron chi connectivity index (χ2n) is 9.31. The fourth-order valence-electron chi connectivity index (χ4n) is 4.85. The van der Waals surface area contributed by atoms with Gasteiger partial charge in [-0.2, -0.15) is 0 Å². The van der Waals surface area contributed by atoms with Crippen molar-refractivity contribution in [3.05, 3.63) is 66.0 Å². The zero-order chi connectivity index (χ0) is 24.5. The van der Waals surface area contributed by atoms with Gasteiger partial charge in [0.25, 0.3) is 11.8 Å². The first-order valence-electron chi connectivity index (χ1n) is 11.9. The third-order valence-electron chi connectivity index (χ3n) is 6.54. The summed E-state index contributed by atoms with van der Waals surface area (Å²) in [5.41, 5.74) is 2.33. The van der Waals surface area contributed by atoms with E-state index in [4.69, 9.17) is 4.74 Å². The number of amides is 3. The lowest BCUT2D eigenvalue weighted by atomic mass is 10.0. The summed E-state index contributed by atoms with van der Waals surface area (Å²) < 4.78 is 5.49. The summed E-state index contributed by atoms with van der Waals surface area (Å²) in [5, 5.41) is 4.77. The van der Waals surface area contributed by atoms with Crippen LogP contribution in [-0.2, 0) is 9.53 Å². The van der Waals surface area contributed by atoms with Crippen LogP contribution in [0.5, 0.6) is 0 Å². The predicted octanol–water partition coefficient (Wildman–Crippen LogP) is 3.72. The molecule has 1 saturated heterocycles. The number of carbonyl (C=O) groups excluding carboxylic acids is 3. The summed E-state index contributed by atoms with van der Waals surface area (Å²) in [6.07, 6.45) is 3.83. The van der Waals surface area contributed by atoms with E-state index < -0.39 is 23.8 Å². The number of anilines is 2. The molecule has 180 valence electrons. The Labute approximate surface area is 203 Å². The van der Waals surface area contributed by atoms with Crippen molar-refractivity contribution >= 4 is 39.9 Å². The molecule has 1 atom stereocenters. The van der Waals surface area contributed by atoms with Crippen LogP contribution in [0.25, 0.3) is 10.8 Å². The smallest absolute Gasteiger partial charge is 0.262 e. The Kier molecular flexibility index (Phi) is 6.21. The maximum Gasteiger partial charge on any atom is 0.262 e. The number of ether oxygens (including phenoxy) is 1. The van der Waals surface area contributed by atoms with E-state index in [1.54, 1.807) is 36.7 Å². The summed E-state index contributed by atoms with van der Waals surface area (Å²) in [6.45, 7) is 6.85. The highest BCUT2D eigenvalue weighted by atomic mass is 16.5. The Morgan fingerprint density at radius 2 is 1.69 bits per heavy atom. The number of aromatic nitrogens is 1. The molecule has 3 aromatic rings. The van der Waals surface area contributed by atoms with Gasteiger partial charge in [0.05, 0.1) is 30.0 Å². The Bertz CT molecular complexity index is 1260. The van der Waals surface area contributed by atoms with Gasteiger partial charge in [-0.05, 0) is 42.7 Å². The lowest BCUT2D eigenvalue weighted by Gasteiger charge is -2.30. The van der Waals surface area contributed by atoms with E-state index in [2.05, 4.69) is 15.2 Å². The number of benzene rings is 2. The minimum Gasteiger partial charge on any atom is -0.378 e. The number of hydrogen-bond donors (Lipinski definition) is 1. The second-order valence-corrected chi connectivity index (χ2v) is 9.31. The maximum atomic E-state index is 13.6. The highest BCUT2D eigenvalue weighted by Gasteiger charge is 2.42. The van der Waals surface area contributed by atoms with Crippen LogP contribution in [0.2, 0.25) is 0 Å². The normalized spacial score (nSPS) is 16.7. The van der Waals surface area contributed by atoms with E-state index >= 15 is 0 Å². The molecule has 1 unspecified atom stereocenters. The van der Waals surface area contributed by atoms with Gasteiger partial charge in [-0.25, -0.2) is 0 Å². The van der Waals surface area contributed by atoms with Crippen LogP contribution in [0.15, 0.2) is 54.9 Å². The van der Waals surface area contributed by atoms with E-state index in [0.29, 0.717) is 36.4 Å². The van der Waals surface area contributed by atoms with Crippen LogP contribution >= 0.6 is 0 Å². The molecule has 8 heteroatoms. The molecule has 2 aliphatic rings. The molecule has 1 aromatic heterocycles. The summed E-state index contributed by atoms with van der Waals surface area (Å²) in [7, 11) is 0.